The van der Waals surface area contributed by atoms with Gasteiger partial charge in [-0.15, -0.1) is 0 Å². The Hall–Kier alpha value is -1.72. The molecule has 2 rings (SSSR count). The highest BCUT2D eigenvalue weighted by molar-refractivity contribution is 7.94. The summed E-state index contributed by atoms with van der Waals surface area (Å²) in [5.74, 6) is -0.595. The lowest BCUT2D eigenvalue weighted by atomic mass is 10.3. The maximum atomic E-state index is 13.0. The van der Waals surface area contributed by atoms with Crippen molar-refractivity contribution in [1.82, 2.24) is 4.98 Å². The number of rotatable bonds is 3. The third-order valence-corrected chi connectivity index (χ3v) is 3.94. The van der Waals surface area contributed by atoms with Gasteiger partial charge in [0, 0.05) is 11.6 Å². The normalized spacial score (nSPS) is 11.9. The molecule has 0 bridgehead atoms. The zero-order chi connectivity index (χ0) is 13.9. The smallest absolute Gasteiger partial charge is 0.199 e. The molecule has 0 fully saturated rings. The van der Waals surface area contributed by atoms with E-state index in [0.717, 1.165) is 11.5 Å². The van der Waals surface area contributed by atoms with Crippen molar-refractivity contribution in [3.05, 3.63) is 64.5 Å². The summed E-state index contributed by atoms with van der Waals surface area (Å²) in [7, 11) is -3.67. The van der Waals surface area contributed by atoms with Crippen LogP contribution >= 0.6 is 11.6 Å². The largest absolute Gasteiger partial charge is 0.244 e. The van der Waals surface area contributed by atoms with Gasteiger partial charge in [0.05, 0.1) is 4.90 Å². The molecule has 6 heteroatoms. The van der Waals surface area contributed by atoms with Crippen LogP contribution < -0.4 is 0 Å². The number of nitrogens with zero attached hydrogens (tertiary/aromatic N) is 1. The van der Waals surface area contributed by atoms with E-state index in [4.69, 9.17) is 11.6 Å². The average molecular weight is 298 g/mol. The van der Waals surface area contributed by atoms with Gasteiger partial charge in [0.2, 0.25) is 0 Å². The molecule has 0 saturated heterocycles. The van der Waals surface area contributed by atoms with Crippen molar-refractivity contribution < 1.29 is 12.8 Å². The standard InChI is InChI=1S/C13H9ClFNO2S/c14-13-5-4-10(9-16-13)6-7-19(17,18)12-3-1-2-11(15)8-12/h1-9H/b7-6-. The Kier molecular flexibility index (Phi) is 3.97. The van der Waals surface area contributed by atoms with Gasteiger partial charge in [-0.25, -0.2) is 17.8 Å². The third-order valence-electron chi connectivity index (χ3n) is 2.31. The van der Waals surface area contributed by atoms with Crippen molar-refractivity contribution in [3.8, 4) is 0 Å². The molecule has 1 aromatic carbocycles. The van der Waals surface area contributed by atoms with Crippen LogP contribution in [0.3, 0.4) is 0 Å². The molecular weight excluding hydrogens is 289 g/mol. The van der Waals surface area contributed by atoms with Crippen LogP contribution in [0.4, 0.5) is 4.39 Å². The number of pyridine rings is 1. The number of hydrogen-bond acceptors (Lipinski definition) is 3. The van der Waals surface area contributed by atoms with Gasteiger partial charge < -0.3 is 0 Å². The first-order valence-corrected chi connectivity index (χ1v) is 7.20. The lowest BCUT2D eigenvalue weighted by Crippen LogP contribution is -1.96. The van der Waals surface area contributed by atoms with Crippen molar-refractivity contribution in [2.45, 2.75) is 4.90 Å². The first kappa shape index (κ1) is 13.7. The molecule has 0 spiro atoms. The lowest BCUT2D eigenvalue weighted by molar-refractivity contribution is 0.598. The van der Waals surface area contributed by atoms with E-state index in [1.54, 1.807) is 12.1 Å². The Morgan fingerprint density at radius 1 is 1.21 bits per heavy atom. The van der Waals surface area contributed by atoms with Crippen molar-refractivity contribution in [2.75, 3.05) is 0 Å². The maximum Gasteiger partial charge on any atom is 0.199 e. The molecule has 0 atom stereocenters. The zero-order valence-corrected chi connectivity index (χ0v) is 11.2. The first-order valence-electron chi connectivity index (χ1n) is 5.28. The average Bonchev–Trinajstić information content (AvgIpc) is 2.38. The summed E-state index contributed by atoms with van der Waals surface area (Å²) in [6.45, 7) is 0. The number of halogens is 2. The number of aromatic nitrogens is 1. The van der Waals surface area contributed by atoms with E-state index in [2.05, 4.69) is 4.98 Å². The predicted octanol–water partition coefficient (Wildman–Crippen LogP) is 3.32. The van der Waals surface area contributed by atoms with E-state index in [1.807, 2.05) is 0 Å². The number of hydrogen-bond donors (Lipinski definition) is 0. The summed E-state index contributed by atoms with van der Waals surface area (Å²) >= 11 is 5.62. The summed E-state index contributed by atoms with van der Waals surface area (Å²) in [6.07, 6.45) is 2.82. The highest BCUT2D eigenvalue weighted by atomic mass is 35.5. The number of benzene rings is 1. The Labute approximate surface area is 115 Å². The van der Waals surface area contributed by atoms with Crippen LogP contribution in [0, 0.1) is 5.82 Å². The molecule has 1 aromatic heterocycles. The van der Waals surface area contributed by atoms with Crippen LogP contribution in [0.15, 0.2) is 52.9 Å². The van der Waals surface area contributed by atoms with Crippen molar-refractivity contribution in [1.29, 1.82) is 0 Å². The van der Waals surface area contributed by atoms with E-state index in [1.165, 1.54) is 30.5 Å². The molecule has 1 heterocycles. The molecule has 3 nitrogen and oxygen atoms in total. The van der Waals surface area contributed by atoms with Crippen molar-refractivity contribution in [2.24, 2.45) is 0 Å². The Morgan fingerprint density at radius 3 is 2.63 bits per heavy atom. The fourth-order valence-corrected chi connectivity index (χ4v) is 2.53. The minimum Gasteiger partial charge on any atom is -0.244 e. The van der Waals surface area contributed by atoms with Crippen LogP contribution in [0.1, 0.15) is 5.56 Å². The van der Waals surface area contributed by atoms with E-state index < -0.39 is 15.7 Å². The Bertz CT molecular complexity index is 712. The second-order valence-electron chi connectivity index (χ2n) is 3.72. The minimum absolute atomic E-state index is 0.0920. The highest BCUT2D eigenvalue weighted by Gasteiger charge is 2.10. The molecule has 0 aliphatic carbocycles. The quantitative estimate of drug-likeness (QED) is 0.817. The predicted molar refractivity (Wildman–Crippen MR) is 71.9 cm³/mol. The minimum atomic E-state index is -3.67. The van der Waals surface area contributed by atoms with Gasteiger partial charge in [-0.05, 0) is 35.9 Å². The zero-order valence-electron chi connectivity index (χ0n) is 9.62. The van der Waals surface area contributed by atoms with Crippen LogP contribution in [0.25, 0.3) is 6.08 Å². The Morgan fingerprint density at radius 2 is 2.00 bits per heavy atom. The van der Waals surface area contributed by atoms with Gasteiger partial charge in [0.1, 0.15) is 11.0 Å². The molecule has 0 aliphatic heterocycles. The van der Waals surface area contributed by atoms with Crippen LogP contribution in [0.2, 0.25) is 5.15 Å². The molecule has 0 amide bonds. The van der Waals surface area contributed by atoms with Gasteiger partial charge in [0.25, 0.3) is 0 Å². The monoisotopic (exact) mass is 297 g/mol. The number of sulfone groups is 1. The molecule has 0 unspecified atom stereocenters. The van der Waals surface area contributed by atoms with Gasteiger partial charge in [-0.2, -0.15) is 0 Å². The summed E-state index contributed by atoms with van der Waals surface area (Å²) in [6, 6.07) is 8.03. The van der Waals surface area contributed by atoms with E-state index >= 15 is 0 Å². The molecule has 0 N–H and O–H groups in total. The van der Waals surface area contributed by atoms with Gasteiger partial charge in [-0.1, -0.05) is 23.7 Å². The van der Waals surface area contributed by atoms with Gasteiger partial charge in [-0.3, -0.25) is 0 Å². The fourth-order valence-electron chi connectivity index (χ4n) is 1.38. The van der Waals surface area contributed by atoms with Crippen molar-refractivity contribution >= 4 is 27.5 Å². The molecular formula is C13H9ClFNO2S. The third kappa shape index (κ3) is 3.62. The second-order valence-corrected chi connectivity index (χ2v) is 5.94. The highest BCUT2D eigenvalue weighted by Crippen LogP contribution is 2.15. The van der Waals surface area contributed by atoms with E-state index in [9.17, 15) is 12.8 Å². The molecule has 0 saturated carbocycles. The molecule has 19 heavy (non-hydrogen) atoms. The summed E-state index contributed by atoms with van der Waals surface area (Å²) in [5.41, 5.74) is 0.587. The van der Waals surface area contributed by atoms with Gasteiger partial charge >= 0.3 is 0 Å². The molecule has 0 radical (unpaired) electrons. The fraction of sp³-hybridized carbons (Fsp3) is 0. The summed E-state index contributed by atoms with van der Waals surface area (Å²) in [5, 5.41) is 1.33. The Balaban J connectivity index is 2.29. The molecule has 0 aliphatic rings. The molecule has 2 aromatic rings. The SMILES string of the molecule is O=S(=O)(/C=C\c1ccc(Cl)nc1)c1cccc(F)c1. The van der Waals surface area contributed by atoms with Crippen LogP contribution in [-0.2, 0) is 9.84 Å². The second kappa shape index (κ2) is 5.50. The first-order chi connectivity index (χ1) is 8.97. The summed E-state index contributed by atoms with van der Waals surface area (Å²) in [4.78, 5) is 3.73. The van der Waals surface area contributed by atoms with Crippen molar-refractivity contribution in [3.63, 3.8) is 0 Å². The van der Waals surface area contributed by atoms with Crippen LogP contribution in [-0.4, -0.2) is 13.4 Å². The van der Waals surface area contributed by atoms with E-state index in [0.29, 0.717) is 10.7 Å². The maximum absolute atomic E-state index is 13.0. The molecule has 98 valence electrons. The van der Waals surface area contributed by atoms with Crippen LogP contribution in [0.5, 0.6) is 0 Å². The van der Waals surface area contributed by atoms with E-state index in [-0.39, 0.29) is 4.90 Å². The lowest BCUT2D eigenvalue weighted by Gasteiger charge is -1.99. The van der Waals surface area contributed by atoms with Gasteiger partial charge in [0.15, 0.2) is 9.84 Å². The summed E-state index contributed by atoms with van der Waals surface area (Å²) < 4.78 is 36.8. The topological polar surface area (TPSA) is 47.0 Å².